The first-order chi connectivity index (χ1) is 25.6. The van der Waals surface area contributed by atoms with Crippen molar-refractivity contribution in [3.05, 3.63) is 115 Å². The zero-order valence-corrected chi connectivity index (χ0v) is 32.1. The molecule has 0 saturated heterocycles. The molecule has 278 valence electrons. The van der Waals surface area contributed by atoms with Crippen molar-refractivity contribution in [2.75, 3.05) is 18.0 Å². The largest absolute Gasteiger partial charge is 0.456 e. The van der Waals surface area contributed by atoms with Gasteiger partial charge in [0.05, 0.1) is 42.0 Å². The highest BCUT2D eigenvalue weighted by atomic mass is 32.2. The van der Waals surface area contributed by atoms with E-state index in [-0.39, 0.29) is 30.9 Å². The molecule has 1 aliphatic heterocycles. The van der Waals surface area contributed by atoms with E-state index >= 15 is 0 Å². The number of para-hydroxylation sites is 2. The molecule has 0 saturated carbocycles. The van der Waals surface area contributed by atoms with Gasteiger partial charge in [-0.05, 0) is 75.5 Å². The van der Waals surface area contributed by atoms with E-state index in [1.54, 1.807) is 6.07 Å². The maximum absolute atomic E-state index is 12.9. The van der Waals surface area contributed by atoms with Crippen LogP contribution < -0.4 is 25.5 Å². The molecule has 54 heavy (non-hydrogen) atoms. The van der Waals surface area contributed by atoms with E-state index in [2.05, 4.69) is 17.0 Å². The molecular formula is C41H41N4O7S2+. The highest BCUT2D eigenvalue weighted by molar-refractivity contribution is 7.90. The lowest BCUT2D eigenvalue weighted by Crippen LogP contribution is -2.43. The van der Waals surface area contributed by atoms with Crippen molar-refractivity contribution in [2.45, 2.75) is 64.7 Å². The SMILES string of the molecule is Cc1cccc(C)c1N(CCC#N)C1C=c2oc3cc(=[N+](CCC#N)c4c(C)cccc4C)ccc-3c(C3=CCC(S(=O)(=O)O)C=C3S(=O)(=O)O)c2=CC1. The summed E-state index contributed by atoms with van der Waals surface area (Å²) >= 11 is 0. The third kappa shape index (κ3) is 7.54. The predicted octanol–water partition coefficient (Wildman–Crippen LogP) is 5.20. The molecule has 2 aromatic carbocycles. The Labute approximate surface area is 315 Å². The number of fused-ring (bicyclic) bond motifs is 2. The molecule has 2 unspecified atom stereocenters. The third-order valence-electron chi connectivity index (χ3n) is 10.0. The summed E-state index contributed by atoms with van der Waals surface area (Å²) in [7, 11) is -9.67. The molecule has 0 amide bonds. The van der Waals surface area contributed by atoms with Gasteiger partial charge in [0.25, 0.3) is 20.2 Å². The van der Waals surface area contributed by atoms with Gasteiger partial charge in [-0.3, -0.25) is 9.11 Å². The molecule has 13 heteroatoms. The number of benzene rings is 3. The van der Waals surface area contributed by atoms with Crippen molar-refractivity contribution in [1.82, 2.24) is 4.58 Å². The molecule has 0 spiro atoms. The van der Waals surface area contributed by atoms with Crippen LogP contribution in [0.1, 0.15) is 53.5 Å². The molecule has 2 N–H and O–H groups in total. The first-order valence-corrected chi connectivity index (χ1v) is 20.5. The first-order valence-electron chi connectivity index (χ1n) is 17.5. The average molecular weight is 766 g/mol. The van der Waals surface area contributed by atoms with E-state index < -0.39 is 30.4 Å². The highest BCUT2D eigenvalue weighted by Gasteiger charge is 2.34. The molecule has 1 heterocycles. The normalized spacial score (nSPS) is 17.6. The monoisotopic (exact) mass is 765 g/mol. The molecule has 0 radical (unpaired) electrons. The molecule has 2 atom stereocenters. The topological polar surface area (TPSA) is 176 Å². The van der Waals surface area contributed by atoms with Crippen LogP contribution in [0, 0.1) is 50.4 Å². The maximum Gasteiger partial charge on any atom is 0.294 e. The lowest BCUT2D eigenvalue weighted by molar-refractivity contribution is 0.474. The minimum Gasteiger partial charge on any atom is -0.456 e. The van der Waals surface area contributed by atoms with Gasteiger partial charge >= 0.3 is 0 Å². The van der Waals surface area contributed by atoms with Gasteiger partial charge in [0.15, 0.2) is 6.54 Å². The quantitative estimate of drug-likeness (QED) is 0.161. The summed E-state index contributed by atoms with van der Waals surface area (Å²) in [5.41, 5.74) is 7.46. The maximum atomic E-state index is 12.9. The van der Waals surface area contributed by atoms with Crippen LogP contribution in [-0.2, 0) is 20.2 Å². The third-order valence-corrected chi connectivity index (χ3v) is 12.0. The zero-order chi connectivity index (χ0) is 38.9. The molecule has 0 fully saturated rings. The second kappa shape index (κ2) is 15.2. The van der Waals surface area contributed by atoms with E-state index in [0.29, 0.717) is 47.0 Å². The Bertz CT molecular complexity index is 2680. The lowest BCUT2D eigenvalue weighted by atomic mass is 9.89. The van der Waals surface area contributed by atoms with Gasteiger partial charge in [-0.1, -0.05) is 48.6 Å². The van der Waals surface area contributed by atoms with E-state index in [1.807, 2.05) is 93.0 Å². The van der Waals surface area contributed by atoms with Crippen molar-refractivity contribution in [3.63, 3.8) is 0 Å². The highest BCUT2D eigenvalue weighted by Crippen LogP contribution is 2.37. The number of rotatable bonds is 10. The Hall–Kier alpha value is -5.31. The molecule has 11 nitrogen and oxygen atoms in total. The number of nitrogens with zero attached hydrogens (tertiary/aromatic N) is 4. The van der Waals surface area contributed by atoms with Crippen LogP contribution in [0.2, 0.25) is 0 Å². The zero-order valence-electron chi connectivity index (χ0n) is 30.4. The Morgan fingerprint density at radius 2 is 1.50 bits per heavy atom. The summed E-state index contributed by atoms with van der Waals surface area (Å²) in [4.78, 5) is 1.54. The van der Waals surface area contributed by atoms with Gasteiger partial charge in [-0.25, -0.2) is 0 Å². The van der Waals surface area contributed by atoms with Crippen LogP contribution >= 0.6 is 0 Å². The first kappa shape index (κ1) is 38.4. The van der Waals surface area contributed by atoms with Crippen molar-refractivity contribution >= 4 is 49.3 Å². The van der Waals surface area contributed by atoms with Crippen LogP contribution in [0.5, 0.6) is 0 Å². The van der Waals surface area contributed by atoms with E-state index in [4.69, 9.17) is 4.42 Å². The fourth-order valence-corrected chi connectivity index (χ4v) is 9.21. The smallest absolute Gasteiger partial charge is 0.294 e. The molecule has 4 aliphatic rings. The van der Waals surface area contributed by atoms with Gasteiger partial charge in [0.1, 0.15) is 16.4 Å². The second-order valence-electron chi connectivity index (χ2n) is 13.7. The van der Waals surface area contributed by atoms with Crippen LogP contribution in [0.4, 0.5) is 11.4 Å². The number of hydrogen-bond donors (Lipinski definition) is 2. The van der Waals surface area contributed by atoms with Crippen LogP contribution in [0.25, 0.3) is 29.0 Å². The summed E-state index contributed by atoms with van der Waals surface area (Å²) in [5, 5.41) is 18.9. The Morgan fingerprint density at radius 3 is 2.11 bits per heavy atom. The van der Waals surface area contributed by atoms with Crippen LogP contribution in [0.3, 0.4) is 0 Å². The fraction of sp³-hybridized carbons (Fsp3) is 0.293. The molecule has 2 aromatic rings. The van der Waals surface area contributed by atoms with Gasteiger partial charge in [0, 0.05) is 45.8 Å². The van der Waals surface area contributed by atoms with Gasteiger partial charge in [0.2, 0.25) is 11.0 Å². The number of aryl methyl sites for hydroxylation is 4. The standard InChI is InChI=1S/C41H40N4O7S2/c1-26-9-5-10-27(2)40(26)44(21-7-19-42)30-13-16-33-36(23-30)52-37-24-31(45(22-8-20-43)41-28(3)11-6-12-29(41)4)14-17-34(37)39(33)35-18-15-32(53(46,47)48)25-38(35)54(49,50)51/h5-6,9-13,16-18,23-25,31-32H,7-8,14-15,21-22H2,1-4H3,(H-,46,47,48,49,50,51)/p+1. The summed E-state index contributed by atoms with van der Waals surface area (Å²) in [6.07, 6.45) is 6.92. The van der Waals surface area contributed by atoms with Crippen molar-refractivity contribution in [1.29, 1.82) is 10.5 Å². The molecule has 0 bridgehead atoms. The lowest BCUT2D eigenvalue weighted by Gasteiger charge is -2.34. The minimum atomic E-state index is -4.98. The van der Waals surface area contributed by atoms with Crippen LogP contribution in [0.15, 0.2) is 76.1 Å². The second-order valence-corrected chi connectivity index (χ2v) is 16.7. The number of anilines is 1. The van der Waals surface area contributed by atoms with E-state index in [9.17, 15) is 36.5 Å². The molecular weight excluding hydrogens is 725 g/mol. The number of nitriles is 2. The summed E-state index contributed by atoms with van der Waals surface area (Å²) < 4.78 is 79.3. The van der Waals surface area contributed by atoms with Crippen molar-refractivity contribution < 1.29 is 30.4 Å². The predicted molar refractivity (Wildman–Crippen MR) is 209 cm³/mol. The average Bonchev–Trinajstić information content (AvgIpc) is 3.11. The van der Waals surface area contributed by atoms with Gasteiger partial charge in [-0.15, -0.1) is 0 Å². The van der Waals surface area contributed by atoms with Crippen LogP contribution in [-0.4, -0.2) is 50.3 Å². The molecule has 3 aliphatic carbocycles. The minimum absolute atomic E-state index is 0.0810. The molecule has 6 rings (SSSR count). The number of hydrogen-bond acceptors (Lipinski definition) is 8. The van der Waals surface area contributed by atoms with Crippen molar-refractivity contribution in [2.24, 2.45) is 0 Å². The summed E-state index contributed by atoms with van der Waals surface area (Å²) in [6, 6.07) is 21.7. The van der Waals surface area contributed by atoms with E-state index in [0.717, 1.165) is 45.1 Å². The van der Waals surface area contributed by atoms with Crippen molar-refractivity contribution in [3.8, 4) is 23.5 Å². The molecule has 0 aromatic heterocycles. The Kier molecular flexibility index (Phi) is 10.8. The van der Waals surface area contributed by atoms with E-state index in [1.165, 1.54) is 6.08 Å². The van der Waals surface area contributed by atoms with Gasteiger partial charge < -0.3 is 9.32 Å². The summed E-state index contributed by atoms with van der Waals surface area (Å²) in [6.45, 7) is 8.87. The summed E-state index contributed by atoms with van der Waals surface area (Å²) in [5.74, 6) is 0.378. The Balaban J connectivity index is 1.69. The number of allylic oxidation sites excluding steroid dienone is 2. The Morgan fingerprint density at radius 1 is 0.852 bits per heavy atom. The fourth-order valence-electron chi connectivity index (χ4n) is 7.68. The van der Waals surface area contributed by atoms with Gasteiger partial charge in [-0.2, -0.15) is 31.9 Å².